The SMILES string of the molecule is NNc1ncc([N+](=O)[O-])c(NC2CCCNC2=O)n1. The third-order valence-electron chi connectivity index (χ3n) is 2.69. The van der Waals surface area contributed by atoms with Gasteiger partial charge in [-0.2, -0.15) is 4.98 Å². The van der Waals surface area contributed by atoms with Crippen molar-refractivity contribution in [1.82, 2.24) is 15.3 Å². The molecule has 19 heavy (non-hydrogen) atoms. The second kappa shape index (κ2) is 5.44. The minimum absolute atomic E-state index is 0.0318. The van der Waals surface area contributed by atoms with Crippen LogP contribution in [0, 0.1) is 10.1 Å². The number of nitrogens with one attached hydrogen (secondary N) is 3. The number of nitro groups is 1. The summed E-state index contributed by atoms with van der Waals surface area (Å²) in [6.07, 6.45) is 2.41. The Balaban J connectivity index is 2.26. The van der Waals surface area contributed by atoms with Gasteiger partial charge in [0, 0.05) is 6.54 Å². The van der Waals surface area contributed by atoms with Crippen LogP contribution in [-0.4, -0.2) is 33.4 Å². The first kappa shape index (κ1) is 13.0. The monoisotopic (exact) mass is 267 g/mol. The number of aromatic nitrogens is 2. The quantitative estimate of drug-likeness (QED) is 0.320. The van der Waals surface area contributed by atoms with E-state index in [-0.39, 0.29) is 23.4 Å². The summed E-state index contributed by atoms with van der Waals surface area (Å²) in [5, 5.41) is 16.3. The maximum atomic E-state index is 11.6. The van der Waals surface area contributed by atoms with Gasteiger partial charge in [0.2, 0.25) is 17.7 Å². The van der Waals surface area contributed by atoms with E-state index in [1.165, 1.54) is 0 Å². The van der Waals surface area contributed by atoms with E-state index < -0.39 is 11.0 Å². The van der Waals surface area contributed by atoms with Crippen LogP contribution in [0.5, 0.6) is 0 Å². The molecule has 2 heterocycles. The van der Waals surface area contributed by atoms with E-state index in [2.05, 4.69) is 26.0 Å². The first-order valence-electron chi connectivity index (χ1n) is 5.64. The van der Waals surface area contributed by atoms with Crippen molar-refractivity contribution in [1.29, 1.82) is 0 Å². The summed E-state index contributed by atoms with van der Waals surface area (Å²) in [5.41, 5.74) is 1.89. The number of nitrogen functional groups attached to an aromatic ring is 1. The highest BCUT2D eigenvalue weighted by molar-refractivity contribution is 5.85. The number of carbonyl (C=O) groups is 1. The summed E-state index contributed by atoms with van der Waals surface area (Å²) in [5.74, 6) is 4.95. The lowest BCUT2D eigenvalue weighted by molar-refractivity contribution is -0.384. The van der Waals surface area contributed by atoms with Crippen LogP contribution in [0.25, 0.3) is 0 Å². The van der Waals surface area contributed by atoms with Crippen LogP contribution in [0.4, 0.5) is 17.5 Å². The lowest BCUT2D eigenvalue weighted by Crippen LogP contribution is -2.44. The van der Waals surface area contributed by atoms with Crippen molar-refractivity contribution in [2.45, 2.75) is 18.9 Å². The highest BCUT2D eigenvalue weighted by Crippen LogP contribution is 2.23. The zero-order chi connectivity index (χ0) is 13.8. The van der Waals surface area contributed by atoms with Crippen LogP contribution in [0.1, 0.15) is 12.8 Å². The van der Waals surface area contributed by atoms with Crippen LogP contribution in [0.3, 0.4) is 0 Å². The van der Waals surface area contributed by atoms with Crippen molar-refractivity contribution in [3.05, 3.63) is 16.3 Å². The van der Waals surface area contributed by atoms with Crippen molar-refractivity contribution in [2.75, 3.05) is 17.3 Å². The minimum Gasteiger partial charge on any atom is -0.354 e. The molecule has 2 rings (SSSR count). The fourth-order valence-electron chi connectivity index (χ4n) is 1.76. The molecule has 1 unspecified atom stereocenters. The predicted octanol–water partition coefficient (Wildman–Crippen LogP) is -0.639. The van der Waals surface area contributed by atoms with Gasteiger partial charge in [-0.1, -0.05) is 0 Å². The number of hydrogen-bond donors (Lipinski definition) is 4. The summed E-state index contributed by atoms with van der Waals surface area (Å²) >= 11 is 0. The Hall–Kier alpha value is -2.49. The molecule has 10 heteroatoms. The number of anilines is 2. The molecule has 1 fully saturated rings. The molecule has 1 aromatic heterocycles. The van der Waals surface area contributed by atoms with Gasteiger partial charge >= 0.3 is 5.69 Å². The number of nitrogens with two attached hydrogens (primary N) is 1. The Morgan fingerprint density at radius 2 is 2.37 bits per heavy atom. The fourth-order valence-corrected chi connectivity index (χ4v) is 1.76. The Morgan fingerprint density at radius 3 is 3.00 bits per heavy atom. The standard InChI is InChI=1S/C9H13N7O3/c10-15-9-12-4-6(16(18)19)7(14-9)13-5-2-1-3-11-8(5)17/h4-5H,1-3,10H2,(H,11,17)(H2,12,13,14,15). The molecule has 0 saturated carbocycles. The van der Waals surface area contributed by atoms with E-state index in [1.807, 2.05) is 0 Å². The molecule has 1 aliphatic heterocycles. The summed E-state index contributed by atoms with van der Waals surface area (Å²) in [6.45, 7) is 0.610. The van der Waals surface area contributed by atoms with Crippen LogP contribution in [0.15, 0.2) is 6.20 Å². The number of carbonyl (C=O) groups excluding carboxylic acids is 1. The number of piperidine rings is 1. The van der Waals surface area contributed by atoms with E-state index in [4.69, 9.17) is 5.84 Å². The molecule has 102 valence electrons. The normalized spacial score (nSPS) is 18.6. The topological polar surface area (TPSA) is 148 Å². The molecule has 1 aromatic rings. The van der Waals surface area contributed by atoms with Crippen LogP contribution < -0.4 is 21.9 Å². The molecular formula is C9H13N7O3. The molecule has 0 aromatic carbocycles. The smallest absolute Gasteiger partial charge is 0.329 e. The van der Waals surface area contributed by atoms with Crippen molar-refractivity contribution in [3.63, 3.8) is 0 Å². The first-order valence-corrected chi connectivity index (χ1v) is 5.64. The Morgan fingerprint density at radius 1 is 1.58 bits per heavy atom. The lowest BCUT2D eigenvalue weighted by Gasteiger charge is -2.23. The third kappa shape index (κ3) is 2.85. The molecule has 1 aliphatic rings. The van der Waals surface area contributed by atoms with Crippen molar-refractivity contribution < 1.29 is 9.72 Å². The molecule has 1 amide bonds. The van der Waals surface area contributed by atoms with E-state index in [1.54, 1.807) is 0 Å². The number of amides is 1. The van der Waals surface area contributed by atoms with E-state index in [0.717, 1.165) is 12.6 Å². The zero-order valence-corrected chi connectivity index (χ0v) is 9.92. The maximum Gasteiger partial charge on any atom is 0.329 e. The highest BCUT2D eigenvalue weighted by Gasteiger charge is 2.26. The number of hydrazine groups is 1. The van der Waals surface area contributed by atoms with Crippen LogP contribution in [0.2, 0.25) is 0 Å². The van der Waals surface area contributed by atoms with Crippen molar-refractivity contribution in [3.8, 4) is 0 Å². The third-order valence-corrected chi connectivity index (χ3v) is 2.69. The maximum absolute atomic E-state index is 11.6. The second-order valence-electron chi connectivity index (χ2n) is 3.96. The molecule has 0 aliphatic carbocycles. The average molecular weight is 267 g/mol. The minimum atomic E-state index is -0.622. The van der Waals surface area contributed by atoms with Crippen molar-refractivity contribution >= 4 is 23.4 Å². The summed E-state index contributed by atoms with van der Waals surface area (Å²) < 4.78 is 0. The summed E-state index contributed by atoms with van der Waals surface area (Å²) in [6, 6.07) is -0.548. The van der Waals surface area contributed by atoms with Gasteiger partial charge in [0.15, 0.2) is 0 Å². The van der Waals surface area contributed by atoms with Gasteiger partial charge < -0.3 is 10.6 Å². The number of nitrogens with zero attached hydrogens (tertiary/aromatic N) is 3. The molecule has 1 atom stereocenters. The molecular weight excluding hydrogens is 254 g/mol. The molecule has 5 N–H and O–H groups in total. The van der Waals surface area contributed by atoms with E-state index in [9.17, 15) is 14.9 Å². The molecule has 10 nitrogen and oxygen atoms in total. The fraction of sp³-hybridized carbons (Fsp3) is 0.444. The van der Waals surface area contributed by atoms with Crippen LogP contribution in [-0.2, 0) is 4.79 Å². The average Bonchev–Trinajstić information content (AvgIpc) is 2.41. The molecule has 1 saturated heterocycles. The molecule has 0 spiro atoms. The van der Waals surface area contributed by atoms with Gasteiger partial charge in [-0.25, -0.2) is 10.8 Å². The van der Waals surface area contributed by atoms with Crippen LogP contribution >= 0.6 is 0 Å². The Kier molecular flexibility index (Phi) is 3.71. The summed E-state index contributed by atoms with van der Waals surface area (Å²) in [4.78, 5) is 29.4. The largest absolute Gasteiger partial charge is 0.354 e. The number of hydrogen-bond acceptors (Lipinski definition) is 8. The Bertz CT molecular complexity index is 507. The molecule has 0 bridgehead atoms. The van der Waals surface area contributed by atoms with Gasteiger partial charge in [-0.3, -0.25) is 20.3 Å². The molecule has 0 radical (unpaired) electrons. The van der Waals surface area contributed by atoms with Gasteiger partial charge in [0.05, 0.1) is 4.92 Å². The van der Waals surface area contributed by atoms with Gasteiger partial charge in [0.25, 0.3) is 0 Å². The van der Waals surface area contributed by atoms with Gasteiger partial charge in [0.1, 0.15) is 12.2 Å². The van der Waals surface area contributed by atoms with Crippen molar-refractivity contribution in [2.24, 2.45) is 5.84 Å². The second-order valence-corrected chi connectivity index (χ2v) is 3.96. The van der Waals surface area contributed by atoms with Gasteiger partial charge in [-0.05, 0) is 12.8 Å². The summed E-state index contributed by atoms with van der Waals surface area (Å²) in [7, 11) is 0. The zero-order valence-electron chi connectivity index (χ0n) is 9.92. The lowest BCUT2D eigenvalue weighted by atomic mass is 10.1. The van der Waals surface area contributed by atoms with E-state index >= 15 is 0 Å². The Labute approximate surface area is 107 Å². The predicted molar refractivity (Wildman–Crippen MR) is 66.2 cm³/mol. The first-order chi connectivity index (χ1) is 9.11. The number of rotatable bonds is 4. The van der Waals surface area contributed by atoms with Gasteiger partial charge in [-0.15, -0.1) is 0 Å². The van der Waals surface area contributed by atoms with E-state index in [0.29, 0.717) is 13.0 Å². The highest BCUT2D eigenvalue weighted by atomic mass is 16.6.